The third-order valence-electron chi connectivity index (χ3n) is 5.12. The van der Waals surface area contributed by atoms with Gasteiger partial charge in [0.2, 0.25) is 0 Å². The summed E-state index contributed by atoms with van der Waals surface area (Å²) < 4.78 is 11.6. The van der Waals surface area contributed by atoms with Gasteiger partial charge < -0.3 is 9.47 Å². The van der Waals surface area contributed by atoms with Gasteiger partial charge in [-0.15, -0.1) is 0 Å². The molecule has 2 aromatic carbocycles. The summed E-state index contributed by atoms with van der Waals surface area (Å²) in [5, 5.41) is 0. The molecule has 0 atom stereocenters. The molecule has 2 heterocycles. The van der Waals surface area contributed by atoms with Crippen LogP contribution in [0.1, 0.15) is 34.3 Å². The zero-order valence-electron chi connectivity index (χ0n) is 14.3. The van der Waals surface area contributed by atoms with Crippen LogP contribution in [0.15, 0.2) is 54.6 Å². The van der Waals surface area contributed by atoms with Gasteiger partial charge in [0.1, 0.15) is 0 Å². The van der Waals surface area contributed by atoms with Crippen molar-refractivity contribution < 1.29 is 14.3 Å². The largest absolute Gasteiger partial charge is 0.347 e. The van der Waals surface area contributed by atoms with Gasteiger partial charge in [0.05, 0.1) is 13.2 Å². The van der Waals surface area contributed by atoms with Crippen LogP contribution >= 0.6 is 0 Å². The molecule has 0 amide bonds. The highest BCUT2D eigenvalue weighted by molar-refractivity contribution is 6.09. The molecule has 4 heteroatoms. The van der Waals surface area contributed by atoms with Crippen LogP contribution < -0.4 is 0 Å². The highest BCUT2D eigenvalue weighted by Crippen LogP contribution is 2.32. The summed E-state index contributed by atoms with van der Waals surface area (Å²) in [6, 6.07) is 17.4. The zero-order chi connectivity index (χ0) is 17.1. The molecule has 0 aromatic heterocycles. The predicted octanol–water partition coefficient (Wildman–Crippen LogP) is 3.26. The average molecular weight is 337 g/mol. The number of piperidine rings is 1. The Balaban J connectivity index is 1.47. The summed E-state index contributed by atoms with van der Waals surface area (Å²) in [4.78, 5) is 15.2. The molecule has 0 N–H and O–H groups in total. The van der Waals surface area contributed by atoms with Crippen molar-refractivity contribution in [1.29, 1.82) is 0 Å². The number of ketones is 1. The fraction of sp³-hybridized carbons (Fsp3) is 0.381. The molecule has 4 nitrogen and oxygen atoms in total. The van der Waals surface area contributed by atoms with Crippen LogP contribution in [0.3, 0.4) is 0 Å². The molecule has 2 aliphatic rings. The highest BCUT2D eigenvalue weighted by Gasteiger charge is 2.39. The van der Waals surface area contributed by atoms with Gasteiger partial charge in [-0.1, -0.05) is 54.6 Å². The molecule has 2 saturated heterocycles. The zero-order valence-corrected chi connectivity index (χ0v) is 14.3. The molecule has 25 heavy (non-hydrogen) atoms. The van der Waals surface area contributed by atoms with Crippen molar-refractivity contribution >= 4 is 5.78 Å². The lowest BCUT2D eigenvalue weighted by atomic mass is 9.97. The Morgan fingerprint density at radius 3 is 2.28 bits per heavy atom. The van der Waals surface area contributed by atoms with Gasteiger partial charge in [-0.05, 0) is 5.56 Å². The van der Waals surface area contributed by atoms with Gasteiger partial charge in [-0.3, -0.25) is 9.69 Å². The Morgan fingerprint density at radius 1 is 0.920 bits per heavy atom. The van der Waals surface area contributed by atoms with Crippen molar-refractivity contribution in [2.24, 2.45) is 0 Å². The molecule has 4 rings (SSSR count). The van der Waals surface area contributed by atoms with Gasteiger partial charge in [-0.2, -0.15) is 0 Å². The molecule has 2 aromatic rings. The van der Waals surface area contributed by atoms with Crippen molar-refractivity contribution in [3.63, 3.8) is 0 Å². The first-order chi connectivity index (χ1) is 12.3. The molecule has 0 bridgehead atoms. The first-order valence-electron chi connectivity index (χ1n) is 8.94. The van der Waals surface area contributed by atoms with E-state index >= 15 is 0 Å². The van der Waals surface area contributed by atoms with Gasteiger partial charge in [0.15, 0.2) is 11.6 Å². The second-order valence-electron chi connectivity index (χ2n) is 6.74. The number of benzene rings is 2. The minimum atomic E-state index is -0.351. The first-order valence-corrected chi connectivity index (χ1v) is 8.94. The Labute approximate surface area is 148 Å². The smallest absolute Gasteiger partial charge is 0.193 e. The van der Waals surface area contributed by atoms with Crippen molar-refractivity contribution in [3.05, 3.63) is 71.3 Å². The minimum absolute atomic E-state index is 0.0899. The van der Waals surface area contributed by atoms with Crippen LogP contribution in [0.2, 0.25) is 0 Å². The van der Waals surface area contributed by atoms with E-state index in [1.165, 1.54) is 0 Å². The van der Waals surface area contributed by atoms with E-state index in [1.807, 2.05) is 48.5 Å². The summed E-state index contributed by atoms with van der Waals surface area (Å²) in [6.07, 6.45) is 1.78. The topological polar surface area (TPSA) is 38.8 Å². The highest BCUT2D eigenvalue weighted by atomic mass is 16.7. The fourth-order valence-electron chi connectivity index (χ4n) is 3.70. The molecule has 0 aliphatic carbocycles. The maximum Gasteiger partial charge on any atom is 0.193 e. The van der Waals surface area contributed by atoms with Gasteiger partial charge >= 0.3 is 0 Å². The van der Waals surface area contributed by atoms with Crippen LogP contribution in [0, 0.1) is 0 Å². The number of likely N-dealkylation sites (tertiary alicyclic amines) is 1. The van der Waals surface area contributed by atoms with Crippen molar-refractivity contribution in [1.82, 2.24) is 4.90 Å². The summed E-state index contributed by atoms with van der Waals surface area (Å²) >= 11 is 0. The lowest BCUT2D eigenvalue weighted by Gasteiger charge is -2.37. The number of nitrogens with zero attached hydrogens (tertiary/aromatic N) is 1. The van der Waals surface area contributed by atoms with Crippen LogP contribution in [-0.2, 0) is 16.0 Å². The van der Waals surface area contributed by atoms with Gasteiger partial charge in [0.25, 0.3) is 0 Å². The Bertz CT molecular complexity index is 728. The molecule has 0 unspecified atom stereocenters. The number of ether oxygens (including phenoxy) is 2. The number of carbonyl (C=O) groups excluding carboxylic acids is 1. The van der Waals surface area contributed by atoms with E-state index in [4.69, 9.17) is 9.47 Å². The lowest BCUT2D eigenvalue weighted by Crippen LogP contribution is -2.44. The second-order valence-corrected chi connectivity index (χ2v) is 6.74. The molecule has 2 aliphatic heterocycles. The minimum Gasteiger partial charge on any atom is -0.347 e. The third-order valence-corrected chi connectivity index (χ3v) is 5.12. The van der Waals surface area contributed by atoms with Gasteiger partial charge in [0, 0.05) is 43.6 Å². The molecule has 2 fully saturated rings. The maximum absolute atomic E-state index is 12.9. The fourth-order valence-corrected chi connectivity index (χ4v) is 3.70. The Hall–Kier alpha value is -2.01. The predicted molar refractivity (Wildman–Crippen MR) is 95.5 cm³/mol. The molecule has 0 radical (unpaired) electrons. The van der Waals surface area contributed by atoms with Crippen molar-refractivity contribution in [3.8, 4) is 0 Å². The molecule has 1 spiro atoms. The molecular weight excluding hydrogens is 314 g/mol. The van der Waals surface area contributed by atoms with E-state index in [0.29, 0.717) is 13.2 Å². The van der Waals surface area contributed by atoms with E-state index in [2.05, 4.69) is 11.0 Å². The number of carbonyl (C=O) groups is 1. The number of hydrogen-bond acceptors (Lipinski definition) is 4. The molecule has 130 valence electrons. The summed E-state index contributed by atoms with van der Waals surface area (Å²) in [6.45, 7) is 4.04. The van der Waals surface area contributed by atoms with Crippen LogP contribution in [0.4, 0.5) is 0 Å². The van der Waals surface area contributed by atoms with Gasteiger partial charge in [-0.25, -0.2) is 0 Å². The van der Waals surface area contributed by atoms with E-state index in [9.17, 15) is 4.79 Å². The van der Waals surface area contributed by atoms with Crippen LogP contribution in [0.5, 0.6) is 0 Å². The van der Waals surface area contributed by atoms with Crippen LogP contribution in [-0.4, -0.2) is 42.8 Å². The van der Waals surface area contributed by atoms with Crippen molar-refractivity contribution in [2.45, 2.75) is 25.2 Å². The van der Waals surface area contributed by atoms with E-state index < -0.39 is 0 Å². The van der Waals surface area contributed by atoms with E-state index in [-0.39, 0.29) is 11.6 Å². The van der Waals surface area contributed by atoms with Crippen molar-refractivity contribution in [2.75, 3.05) is 26.3 Å². The molecule has 0 saturated carbocycles. The monoisotopic (exact) mass is 337 g/mol. The van der Waals surface area contributed by atoms with E-state index in [0.717, 1.165) is 49.2 Å². The third kappa shape index (κ3) is 3.52. The SMILES string of the molecule is O=C(c1ccccc1)c1ccccc1CN1CCC2(CC1)OCCO2. The summed E-state index contributed by atoms with van der Waals surface area (Å²) in [7, 11) is 0. The van der Waals surface area contributed by atoms with Crippen LogP contribution in [0.25, 0.3) is 0 Å². The lowest BCUT2D eigenvalue weighted by molar-refractivity contribution is -0.185. The quantitative estimate of drug-likeness (QED) is 0.803. The summed E-state index contributed by atoms with van der Waals surface area (Å²) in [5.74, 6) is -0.261. The Kier molecular flexibility index (Phi) is 4.66. The Morgan fingerprint density at radius 2 is 1.56 bits per heavy atom. The second kappa shape index (κ2) is 7.08. The standard InChI is InChI=1S/C21H23NO3/c23-20(17-6-2-1-3-7-17)19-9-5-4-8-18(19)16-22-12-10-21(11-13-22)24-14-15-25-21/h1-9H,10-16H2. The normalized spacial score (nSPS) is 20.0. The average Bonchev–Trinajstić information content (AvgIpc) is 3.13. The molecular formula is C21H23NO3. The maximum atomic E-state index is 12.9. The van der Waals surface area contributed by atoms with E-state index in [1.54, 1.807) is 0 Å². The first kappa shape index (κ1) is 16.5. The number of hydrogen-bond donors (Lipinski definition) is 0. The number of rotatable bonds is 4. The summed E-state index contributed by atoms with van der Waals surface area (Å²) in [5.41, 5.74) is 2.61.